The third-order valence-corrected chi connectivity index (χ3v) is 3.80. The molecule has 0 saturated heterocycles. The molecule has 0 saturated carbocycles. The van der Waals surface area contributed by atoms with Gasteiger partial charge in [-0.3, -0.25) is 0 Å². The molecule has 21 heavy (non-hydrogen) atoms. The molecule has 2 aromatic carbocycles. The van der Waals surface area contributed by atoms with Gasteiger partial charge < -0.3 is 14.8 Å². The van der Waals surface area contributed by atoms with Gasteiger partial charge in [0.05, 0.1) is 19.8 Å². The van der Waals surface area contributed by atoms with Crippen molar-refractivity contribution in [1.82, 2.24) is 0 Å². The molecule has 0 atom stereocenters. The second-order valence-corrected chi connectivity index (χ2v) is 5.24. The number of fused-ring (bicyclic) bond motifs is 3. The summed E-state index contributed by atoms with van der Waals surface area (Å²) < 4.78 is 10.4. The second-order valence-electron chi connectivity index (χ2n) is 5.24. The molecule has 3 heteroatoms. The Balaban J connectivity index is 1.57. The molecule has 0 aliphatic heterocycles. The van der Waals surface area contributed by atoms with Crippen LogP contribution < -0.4 is 5.32 Å². The van der Waals surface area contributed by atoms with E-state index in [0.29, 0.717) is 19.8 Å². The van der Waals surface area contributed by atoms with E-state index in [1.165, 1.54) is 22.3 Å². The molecule has 3 nitrogen and oxygen atoms in total. The summed E-state index contributed by atoms with van der Waals surface area (Å²) in [7, 11) is 1.68. The van der Waals surface area contributed by atoms with E-state index in [-0.39, 0.29) is 0 Å². The maximum atomic E-state index is 5.45. The summed E-state index contributed by atoms with van der Waals surface area (Å²) in [4.78, 5) is 0. The third kappa shape index (κ3) is 3.26. The highest BCUT2D eigenvalue weighted by Crippen LogP contribution is 2.37. The maximum absolute atomic E-state index is 5.45. The number of rotatable bonds is 7. The first-order valence-electron chi connectivity index (χ1n) is 7.40. The highest BCUT2D eigenvalue weighted by molar-refractivity contribution is 5.78. The van der Waals surface area contributed by atoms with Crippen LogP contribution in [0.15, 0.2) is 42.5 Å². The zero-order chi connectivity index (χ0) is 14.5. The molecule has 0 fully saturated rings. The van der Waals surface area contributed by atoms with E-state index in [1.807, 2.05) is 0 Å². The predicted octanol–water partition coefficient (Wildman–Crippen LogP) is 3.33. The molecular weight excluding hydrogens is 262 g/mol. The van der Waals surface area contributed by atoms with Crippen LogP contribution in [0.3, 0.4) is 0 Å². The summed E-state index contributed by atoms with van der Waals surface area (Å²) in [5.74, 6) is 0. The van der Waals surface area contributed by atoms with Gasteiger partial charge in [-0.1, -0.05) is 30.3 Å². The quantitative estimate of drug-likeness (QED) is 0.675. The van der Waals surface area contributed by atoms with E-state index in [2.05, 4.69) is 47.8 Å². The number of methoxy groups -OCH3 is 1. The van der Waals surface area contributed by atoms with Gasteiger partial charge in [0.25, 0.3) is 0 Å². The van der Waals surface area contributed by atoms with Crippen LogP contribution in [0.25, 0.3) is 11.1 Å². The van der Waals surface area contributed by atoms with Gasteiger partial charge in [0, 0.05) is 19.3 Å². The van der Waals surface area contributed by atoms with Crippen LogP contribution in [-0.2, 0) is 15.9 Å². The zero-order valence-electron chi connectivity index (χ0n) is 12.4. The summed E-state index contributed by atoms with van der Waals surface area (Å²) in [5, 5.41) is 3.41. The standard InChI is InChI=1S/C18H21NO2/c1-20-10-11-21-9-8-19-16-6-7-18-15(13-16)12-14-4-2-3-5-17(14)18/h2-7,13,19H,8-12H2,1H3. The average molecular weight is 283 g/mol. The van der Waals surface area contributed by atoms with Crippen molar-refractivity contribution in [3.8, 4) is 11.1 Å². The lowest BCUT2D eigenvalue weighted by Crippen LogP contribution is -2.12. The van der Waals surface area contributed by atoms with E-state index in [1.54, 1.807) is 7.11 Å². The molecule has 0 heterocycles. The Bertz CT molecular complexity index is 610. The van der Waals surface area contributed by atoms with E-state index in [4.69, 9.17) is 9.47 Å². The number of anilines is 1. The lowest BCUT2D eigenvalue weighted by atomic mass is 10.1. The van der Waals surface area contributed by atoms with Crippen LogP contribution >= 0.6 is 0 Å². The lowest BCUT2D eigenvalue weighted by Gasteiger charge is -2.09. The summed E-state index contributed by atoms with van der Waals surface area (Å²) in [5.41, 5.74) is 6.74. The van der Waals surface area contributed by atoms with Gasteiger partial charge in [0.2, 0.25) is 0 Å². The molecule has 0 unspecified atom stereocenters. The van der Waals surface area contributed by atoms with Crippen molar-refractivity contribution in [2.24, 2.45) is 0 Å². The van der Waals surface area contributed by atoms with Gasteiger partial charge in [-0.05, 0) is 40.8 Å². The fraction of sp³-hybridized carbons (Fsp3) is 0.333. The molecule has 0 spiro atoms. The average Bonchev–Trinajstić information content (AvgIpc) is 2.88. The van der Waals surface area contributed by atoms with Gasteiger partial charge in [-0.25, -0.2) is 0 Å². The zero-order valence-corrected chi connectivity index (χ0v) is 12.4. The first kappa shape index (κ1) is 14.1. The molecule has 0 aromatic heterocycles. The molecule has 1 aliphatic carbocycles. The van der Waals surface area contributed by atoms with Crippen LogP contribution in [0.1, 0.15) is 11.1 Å². The van der Waals surface area contributed by atoms with Crippen LogP contribution in [0.4, 0.5) is 5.69 Å². The third-order valence-electron chi connectivity index (χ3n) is 3.80. The van der Waals surface area contributed by atoms with Crippen LogP contribution in [-0.4, -0.2) is 33.5 Å². The number of benzene rings is 2. The van der Waals surface area contributed by atoms with Crippen molar-refractivity contribution >= 4 is 5.69 Å². The molecule has 2 aromatic rings. The van der Waals surface area contributed by atoms with Gasteiger partial charge in [-0.15, -0.1) is 0 Å². The Kier molecular flexibility index (Phi) is 4.53. The summed E-state index contributed by atoms with van der Waals surface area (Å²) in [6.45, 7) is 2.81. The Labute approximate surface area is 125 Å². The van der Waals surface area contributed by atoms with Crippen molar-refractivity contribution in [1.29, 1.82) is 0 Å². The monoisotopic (exact) mass is 283 g/mol. The van der Waals surface area contributed by atoms with E-state index < -0.39 is 0 Å². The van der Waals surface area contributed by atoms with Crippen molar-refractivity contribution < 1.29 is 9.47 Å². The molecule has 1 aliphatic rings. The Hall–Kier alpha value is -1.84. The topological polar surface area (TPSA) is 30.5 Å². The number of nitrogens with one attached hydrogen (secondary N) is 1. The summed E-state index contributed by atoms with van der Waals surface area (Å²) >= 11 is 0. The fourth-order valence-electron chi connectivity index (χ4n) is 2.77. The largest absolute Gasteiger partial charge is 0.383 e. The lowest BCUT2D eigenvalue weighted by molar-refractivity contribution is 0.0759. The van der Waals surface area contributed by atoms with Crippen molar-refractivity contribution in [3.05, 3.63) is 53.6 Å². The predicted molar refractivity (Wildman–Crippen MR) is 85.9 cm³/mol. The molecule has 110 valence electrons. The van der Waals surface area contributed by atoms with Gasteiger partial charge in [-0.2, -0.15) is 0 Å². The van der Waals surface area contributed by atoms with Gasteiger partial charge >= 0.3 is 0 Å². The molecular formula is C18H21NO2. The van der Waals surface area contributed by atoms with E-state index in [0.717, 1.165) is 18.7 Å². The Morgan fingerprint density at radius 3 is 2.71 bits per heavy atom. The fourth-order valence-corrected chi connectivity index (χ4v) is 2.77. The van der Waals surface area contributed by atoms with Crippen LogP contribution in [0.2, 0.25) is 0 Å². The SMILES string of the molecule is COCCOCCNc1ccc2c(c1)Cc1ccccc1-2. The molecule has 0 amide bonds. The van der Waals surface area contributed by atoms with Gasteiger partial charge in [0.15, 0.2) is 0 Å². The molecule has 0 bridgehead atoms. The number of hydrogen-bond donors (Lipinski definition) is 1. The first-order valence-corrected chi connectivity index (χ1v) is 7.40. The maximum Gasteiger partial charge on any atom is 0.0701 e. The number of hydrogen-bond acceptors (Lipinski definition) is 3. The minimum atomic E-state index is 0.650. The van der Waals surface area contributed by atoms with E-state index in [9.17, 15) is 0 Å². The minimum Gasteiger partial charge on any atom is -0.383 e. The first-order chi connectivity index (χ1) is 10.4. The minimum absolute atomic E-state index is 0.650. The summed E-state index contributed by atoms with van der Waals surface area (Å²) in [6, 6.07) is 15.3. The highest BCUT2D eigenvalue weighted by Gasteiger charge is 2.17. The second kappa shape index (κ2) is 6.74. The smallest absolute Gasteiger partial charge is 0.0701 e. The normalized spacial score (nSPS) is 12.0. The summed E-state index contributed by atoms with van der Waals surface area (Å²) in [6.07, 6.45) is 1.03. The van der Waals surface area contributed by atoms with Crippen molar-refractivity contribution in [2.45, 2.75) is 6.42 Å². The Morgan fingerprint density at radius 1 is 0.952 bits per heavy atom. The van der Waals surface area contributed by atoms with Crippen LogP contribution in [0.5, 0.6) is 0 Å². The molecule has 1 N–H and O–H groups in total. The van der Waals surface area contributed by atoms with E-state index >= 15 is 0 Å². The highest BCUT2D eigenvalue weighted by atomic mass is 16.5. The molecule has 0 radical (unpaired) electrons. The molecule has 3 rings (SSSR count). The van der Waals surface area contributed by atoms with Crippen LogP contribution in [0, 0.1) is 0 Å². The van der Waals surface area contributed by atoms with Crippen molar-refractivity contribution in [2.75, 3.05) is 38.8 Å². The van der Waals surface area contributed by atoms with Gasteiger partial charge in [0.1, 0.15) is 0 Å². The van der Waals surface area contributed by atoms with Crippen molar-refractivity contribution in [3.63, 3.8) is 0 Å². The number of ether oxygens (including phenoxy) is 2. The Morgan fingerprint density at radius 2 is 1.81 bits per heavy atom.